The molecule has 8 nitrogen and oxygen atoms in total. The summed E-state index contributed by atoms with van der Waals surface area (Å²) in [6.45, 7) is 5.82. The molecule has 2 heterocycles. The fourth-order valence-corrected chi connectivity index (χ4v) is 4.53. The number of carbonyl (C=O) groups is 2. The number of hydrogen-bond donors (Lipinski definition) is 2. The van der Waals surface area contributed by atoms with E-state index in [1.54, 1.807) is 49.9 Å². The van der Waals surface area contributed by atoms with E-state index in [2.05, 4.69) is 15.5 Å². The Morgan fingerprint density at radius 3 is 2.69 bits per heavy atom. The first-order valence-corrected chi connectivity index (χ1v) is 12.3. The van der Waals surface area contributed by atoms with Crippen LogP contribution in [0.5, 0.6) is 0 Å². The molecule has 2 N–H and O–H groups in total. The Kier molecular flexibility index (Phi) is 7.61. The Labute approximate surface area is 218 Å². The van der Waals surface area contributed by atoms with Gasteiger partial charge in [0.2, 0.25) is 0 Å². The van der Waals surface area contributed by atoms with Crippen molar-refractivity contribution in [2.45, 2.75) is 57.8 Å². The average Bonchev–Trinajstić information content (AvgIpc) is 3.27. The van der Waals surface area contributed by atoms with Gasteiger partial charge in [0.25, 0.3) is 0 Å². The number of aromatic amines is 1. The summed E-state index contributed by atoms with van der Waals surface area (Å²) in [6.07, 6.45) is 1.46. The van der Waals surface area contributed by atoms with Gasteiger partial charge in [0.15, 0.2) is 5.82 Å². The summed E-state index contributed by atoms with van der Waals surface area (Å²) in [5, 5.41) is 10.1. The summed E-state index contributed by atoms with van der Waals surface area (Å²) >= 11 is 12.4. The molecule has 0 aliphatic carbocycles. The van der Waals surface area contributed by atoms with Gasteiger partial charge in [-0.2, -0.15) is 5.10 Å². The quantitative estimate of drug-likeness (QED) is 0.371. The fourth-order valence-electron chi connectivity index (χ4n) is 4.23. The van der Waals surface area contributed by atoms with Crippen LogP contribution in [0.4, 0.5) is 19.7 Å². The maximum Gasteiger partial charge on any atom is 0.412 e. The highest BCUT2D eigenvalue weighted by molar-refractivity contribution is 6.42. The molecule has 36 heavy (non-hydrogen) atoms. The molecule has 192 valence electrons. The lowest BCUT2D eigenvalue weighted by molar-refractivity contribution is -0.0199. The lowest BCUT2D eigenvalue weighted by Crippen LogP contribution is -2.49. The third kappa shape index (κ3) is 6.02. The Morgan fingerprint density at radius 2 is 1.97 bits per heavy atom. The SMILES string of the molecule is CC(C)(C)OC(=O)N1CCCC[C@H]1[C@@H](OC(=O)Nc1cc(F)c2[nH]ncc2c1)c1ccc(Cl)c(Cl)c1. The Balaban J connectivity index is 1.62. The van der Waals surface area contributed by atoms with E-state index in [9.17, 15) is 14.0 Å². The highest BCUT2D eigenvalue weighted by Crippen LogP contribution is 2.36. The Bertz CT molecular complexity index is 1280. The maximum absolute atomic E-state index is 14.4. The van der Waals surface area contributed by atoms with Gasteiger partial charge in [-0.1, -0.05) is 29.3 Å². The molecule has 1 aliphatic heterocycles. The minimum Gasteiger partial charge on any atom is -0.444 e. The van der Waals surface area contributed by atoms with Crippen LogP contribution in [-0.2, 0) is 9.47 Å². The first kappa shape index (κ1) is 26.0. The molecule has 0 unspecified atom stereocenters. The molecule has 0 radical (unpaired) electrons. The van der Waals surface area contributed by atoms with Crippen molar-refractivity contribution in [1.82, 2.24) is 15.1 Å². The minimum absolute atomic E-state index is 0.201. The van der Waals surface area contributed by atoms with Gasteiger partial charge in [0, 0.05) is 17.6 Å². The van der Waals surface area contributed by atoms with Crippen LogP contribution in [-0.4, -0.2) is 45.5 Å². The number of fused-ring (bicyclic) bond motifs is 1. The van der Waals surface area contributed by atoms with Gasteiger partial charge in [-0.25, -0.2) is 14.0 Å². The predicted octanol–water partition coefficient (Wildman–Crippen LogP) is 7.09. The van der Waals surface area contributed by atoms with Crippen LogP contribution in [0.1, 0.15) is 51.7 Å². The van der Waals surface area contributed by atoms with Gasteiger partial charge in [-0.3, -0.25) is 10.4 Å². The van der Waals surface area contributed by atoms with E-state index in [1.807, 2.05) is 0 Å². The first-order chi connectivity index (χ1) is 17.0. The summed E-state index contributed by atoms with van der Waals surface area (Å²) in [6, 6.07) is 7.15. The number of ether oxygens (including phenoxy) is 2. The number of carbonyl (C=O) groups excluding carboxylic acids is 2. The molecule has 3 aromatic rings. The number of nitrogens with one attached hydrogen (secondary N) is 2. The Morgan fingerprint density at radius 1 is 1.19 bits per heavy atom. The van der Waals surface area contributed by atoms with Gasteiger partial charge >= 0.3 is 12.2 Å². The number of rotatable bonds is 4. The second kappa shape index (κ2) is 10.5. The molecule has 2 amide bonds. The third-order valence-corrected chi connectivity index (χ3v) is 6.52. The van der Waals surface area contributed by atoms with Crippen molar-refractivity contribution in [2.24, 2.45) is 0 Å². The van der Waals surface area contributed by atoms with Gasteiger partial charge in [-0.15, -0.1) is 0 Å². The third-order valence-electron chi connectivity index (χ3n) is 5.78. The molecule has 1 fully saturated rings. The number of hydrogen-bond acceptors (Lipinski definition) is 5. The van der Waals surface area contributed by atoms with Crippen molar-refractivity contribution in [1.29, 1.82) is 0 Å². The van der Waals surface area contributed by atoms with E-state index in [1.165, 1.54) is 12.3 Å². The monoisotopic (exact) mass is 536 g/mol. The second-order valence-electron chi connectivity index (χ2n) is 9.65. The molecule has 1 aliphatic rings. The standard InChI is InChI=1S/C25H27Cl2FN4O4/c1-25(2,3)36-24(34)32-9-5-4-6-20(32)22(14-7-8-17(26)18(27)11-14)35-23(33)30-16-10-15-13-29-31-21(15)19(28)12-16/h7-8,10-13,20,22H,4-6,9H2,1-3H3,(H,29,31)(H,30,33)/t20-,22-/m0/s1. The number of aromatic nitrogens is 2. The zero-order valence-corrected chi connectivity index (χ0v) is 21.6. The van der Waals surface area contributed by atoms with Crippen LogP contribution < -0.4 is 5.32 Å². The van der Waals surface area contributed by atoms with Gasteiger partial charge in [-0.05, 0) is 69.9 Å². The van der Waals surface area contributed by atoms with Gasteiger partial charge in [0.05, 0.1) is 22.3 Å². The number of anilines is 1. The molecule has 1 saturated heterocycles. The van der Waals surface area contributed by atoms with E-state index in [0.717, 1.165) is 12.8 Å². The summed E-state index contributed by atoms with van der Waals surface area (Å²) in [5.74, 6) is -0.565. The van der Waals surface area contributed by atoms with Crippen molar-refractivity contribution in [2.75, 3.05) is 11.9 Å². The highest BCUT2D eigenvalue weighted by Gasteiger charge is 2.38. The number of piperidine rings is 1. The normalized spacial score (nSPS) is 17.1. The summed E-state index contributed by atoms with van der Waals surface area (Å²) < 4.78 is 25.8. The molecular weight excluding hydrogens is 510 g/mol. The maximum atomic E-state index is 14.4. The van der Waals surface area contributed by atoms with Crippen LogP contribution in [0.25, 0.3) is 10.9 Å². The van der Waals surface area contributed by atoms with E-state index in [-0.39, 0.29) is 16.2 Å². The number of amides is 2. The van der Waals surface area contributed by atoms with Crippen LogP contribution in [0.3, 0.4) is 0 Å². The van der Waals surface area contributed by atoms with Gasteiger partial charge < -0.3 is 14.4 Å². The molecule has 1 aromatic heterocycles. The van der Waals surface area contributed by atoms with Crippen molar-refractivity contribution >= 4 is 52.0 Å². The molecule has 0 saturated carbocycles. The molecular formula is C25H27Cl2FN4O4. The molecule has 0 bridgehead atoms. The summed E-state index contributed by atoms with van der Waals surface area (Å²) in [5.41, 5.74) is 0.313. The zero-order chi connectivity index (χ0) is 26.0. The summed E-state index contributed by atoms with van der Waals surface area (Å²) in [7, 11) is 0. The van der Waals surface area contributed by atoms with Crippen molar-refractivity contribution in [3.05, 3.63) is 58.0 Å². The molecule has 2 atom stereocenters. The van der Waals surface area contributed by atoms with E-state index < -0.39 is 35.8 Å². The number of likely N-dealkylation sites (tertiary alicyclic amines) is 1. The molecule has 2 aromatic carbocycles. The molecule has 11 heteroatoms. The van der Waals surface area contributed by atoms with E-state index >= 15 is 0 Å². The van der Waals surface area contributed by atoms with Gasteiger partial charge in [0.1, 0.15) is 17.2 Å². The summed E-state index contributed by atoms with van der Waals surface area (Å²) in [4.78, 5) is 27.6. The molecule has 4 rings (SSSR count). The van der Waals surface area contributed by atoms with Crippen molar-refractivity contribution in [3.8, 4) is 0 Å². The van der Waals surface area contributed by atoms with Crippen molar-refractivity contribution < 1.29 is 23.5 Å². The van der Waals surface area contributed by atoms with Crippen LogP contribution in [0.15, 0.2) is 36.5 Å². The molecule has 0 spiro atoms. The number of H-pyrrole nitrogens is 1. The highest BCUT2D eigenvalue weighted by atomic mass is 35.5. The number of halogens is 3. The van der Waals surface area contributed by atoms with Crippen LogP contribution >= 0.6 is 23.2 Å². The second-order valence-corrected chi connectivity index (χ2v) is 10.5. The topological polar surface area (TPSA) is 96.5 Å². The average molecular weight is 537 g/mol. The van der Waals surface area contributed by atoms with Crippen LogP contribution in [0, 0.1) is 5.82 Å². The largest absolute Gasteiger partial charge is 0.444 e. The lowest BCUT2D eigenvalue weighted by atomic mass is 9.93. The number of nitrogens with zero attached hydrogens (tertiary/aromatic N) is 2. The Hall–Kier alpha value is -3.04. The first-order valence-electron chi connectivity index (χ1n) is 11.6. The van der Waals surface area contributed by atoms with E-state index in [0.29, 0.717) is 28.9 Å². The van der Waals surface area contributed by atoms with Crippen molar-refractivity contribution in [3.63, 3.8) is 0 Å². The predicted molar refractivity (Wildman–Crippen MR) is 136 cm³/mol. The fraction of sp³-hybridized carbons (Fsp3) is 0.400. The van der Waals surface area contributed by atoms with Crippen LogP contribution in [0.2, 0.25) is 10.0 Å². The van der Waals surface area contributed by atoms with E-state index in [4.69, 9.17) is 32.7 Å². The minimum atomic E-state index is -0.880. The smallest absolute Gasteiger partial charge is 0.412 e. The lowest BCUT2D eigenvalue weighted by Gasteiger charge is -2.40. The zero-order valence-electron chi connectivity index (χ0n) is 20.1. The number of benzene rings is 2.